The molecule has 0 aromatic rings. The maximum absolute atomic E-state index is 12.4. The largest absolute Gasteiger partial charge is 0.465 e. The third kappa shape index (κ3) is 3.14. The number of nitrogens with zero attached hydrogens (tertiary/aromatic N) is 1. The molecule has 1 fully saturated rings. The van der Waals surface area contributed by atoms with E-state index in [0.717, 1.165) is 32.4 Å². The lowest BCUT2D eigenvalue weighted by molar-refractivity contribution is -0.160. The molecular formula is C17H27NO2. The molecule has 3 heteroatoms. The van der Waals surface area contributed by atoms with Gasteiger partial charge in [-0.15, -0.1) is 0 Å². The lowest BCUT2D eigenvalue weighted by atomic mass is 9.80. The summed E-state index contributed by atoms with van der Waals surface area (Å²) in [7, 11) is 0. The normalized spacial score (nSPS) is 34.1. The van der Waals surface area contributed by atoms with Crippen LogP contribution in [0, 0.1) is 5.41 Å². The van der Waals surface area contributed by atoms with Gasteiger partial charge in [0, 0.05) is 12.0 Å². The Labute approximate surface area is 122 Å². The number of carbonyl (C=O) groups is 1. The average molecular weight is 277 g/mol. The molecule has 1 saturated heterocycles. The Morgan fingerprint density at radius 1 is 1.30 bits per heavy atom. The predicted octanol–water partition coefficient (Wildman–Crippen LogP) is 3.32. The highest BCUT2D eigenvalue weighted by molar-refractivity contribution is 5.80. The van der Waals surface area contributed by atoms with E-state index in [9.17, 15) is 4.79 Å². The molecule has 2 aliphatic rings. The van der Waals surface area contributed by atoms with Crippen LogP contribution in [0.2, 0.25) is 0 Å². The first kappa shape index (κ1) is 15.3. The highest BCUT2D eigenvalue weighted by Gasteiger charge is 2.44. The summed E-state index contributed by atoms with van der Waals surface area (Å²) >= 11 is 0. The maximum Gasteiger partial charge on any atom is 0.326 e. The SMILES string of the molecule is CCOC(=O)C1(C)CCCCN1CC1(C)C=CC=CC1. The second-order valence-electron chi connectivity index (χ2n) is 6.52. The van der Waals surface area contributed by atoms with E-state index in [1.54, 1.807) is 0 Å². The number of rotatable bonds is 4. The highest BCUT2D eigenvalue weighted by atomic mass is 16.5. The van der Waals surface area contributed by atoms with Gasteiger partial charge in [-0.05, 0) is 46.1 Å². The monoisotopic (exact) mass is 277 g/mol. The molecule has 1 aliphatic heterocycles. The second kappa shape index (κ2) is 6.13. The Kier molecular flexibility index (Phi) is 4.69. The van der Waals surface area contributed by atoms with Crippen LogP contribution in [-0.4, -0.2) is 36.1 Å². The molecule has 0 aromatic heterocycles. The summed E-state index contributed by atoms with van der Waals surface area (Å²) in [5, 5.41) is 0. The zero-order chi connectivity index (χ0) is 14.6. The van der Waals surface area contributed by atoms with Crippen LogP contribution in [0.25, 0.3) is 0 Å². The molecule has 1 heterocycles. The fourth-order valence-corrected chi connectivity index (χ4v) is 3.27. The fraction of sp³-hybridized carbons (Fsp3) is 0.706. The van der Waals surface area contributed by atoms with E-state index in [-0.39, 0.29) is 11.4 Å². The smallest absolute Gasteiger partial charge is 0.326 e. The molecule has 0 saturated carbocycles. The molecule has 2 unspecified atom stereocenters. The van der Waals surface area contributed by atoms with Crippen molar-refractivity contribution in [2.75, 3.05) is 19.7 Å². The number of carbonyl (C=O) groups excluding carboxylic acids is 1. The number of piperidine rings is 1. The highest BCUT2D eigenvalue weighted by Crippen LogP contribution is 2.35. The molecule has 1 aliphatic carbocycles. The number of allylic oxidation sites excluding steroid dienone is 3. The van der Waals surface area contributed by atoms with E-state index in [1.807, 2.05) is 6.92 Å². The fourth-order valence-electron chi connectivity index (χ4n) is 3.27. The standard InChI is InChI=1S/C17H27NO2/c1-4-20-15(19)17(3)12-8-9-13-18(17)14-16(2)10-6-5-7-11-16/h5-7,10H,4,8-9,11-14H2,1-3H3. The van der Waals surface area contributed by atoms with Crippen molar-refractivity contribution in [2.45, 2.75) is 52.0 Å². The van der Waals surface area contributed by atoms with Gasteiger partial charge < -0.3 is 4.74 Å². The Morgan fingerprint density at radius 3 is 2.75 bits per heavy atom. The molecule has 0 radical (unpaired) electrons. The number of hydrogen-bond acceptors (Lipinski definition) is 3. The molecule has 0 bridgehead atoms. The van der Waals surface area contributed by atoms with E-state index in [0.29, 0.717) is 6.61 Å². The van der Waals surface area contributed by atoms with Gasteiger partial charge in [0.25, 0.3) is 0 Å². The van der Waals surface area contributed by atoms with Gasteiger partial charge in [0.05, 0.1) is 6.61 Å². The number of hydrogen-bond donors (Lipinski definition) is 0. The van der Waals surface area contributed by atoms with Crippen LogP contribution in [0.4, 0.5) is 0 Å². The minimum atomic E-state index is -0.452. The van der Waals surface area contributed by atoms with Gasteiger partial charge in [-0.1, -0.05) is 31.2 Å². The van der Waals surface area contributed by atoms with Gasteiger partial charge in [0.1, 0.15) is 5.54 Å². The van der Waals surface area contributed by atoms with Crippen LogP contribution in [-0.2, 0) is 9.53 Å². The van der Waals surface area contributed by atoms with E-state index in [4.69, 9.17) is 4.74 Å². The van der Waals surface area contributed by atoms with Crippen LogP contribution in [0.5, 0.6) is 0 Å². The summed E-state index contributed by atoms with van der Waals surface area (Å²) in [5.74, 6) is -0.0568. The average Bonchev–Trinajstić information content (AvgIpc) is 2.42. The predicted molar refractivity (Wildman–Crippen MR) is 81.5 cm³/mol. The molecule has 0 aromatic carbocycles. The zero-order valence-electron chi connectivity index (χ0n) is 13.0. The van der Waals surface area contributed by atoms with Gasteiger partial charge in [-0.25, -0.2) is 0 Å². The summed E-state index contributed by atoms with van der Waals surface area (Å²) in [6.45, 7) is 8.57. The number of esters is 1. The molecule has 2 rings (SSSR count). The Bertz CT molecular complexity index is 415. The zero-order valence-corrected chi connectivity index (χ0v) is 13.0. The third-order valence-corrected chi connectivity index (χ3v) is 4.64. The third-order valence-electron chi connectivity index (χ3n) is 4.64. The van der Waals surface area contributed by atoms with Crippen molar-refractivity contribution in [3.63, 3.8) is 0 Å². The van der Waals surface area contributed by atoms with Crippen LogP contribution >= 0.6 is 0 Å². The lowest BCUT2D eigenvalue weighted by Gasteiger charge is -2.46. The van der Waals surface area contributed by atoms with E-state index in [1.165, 1.54) is 6.42 Å². The molecule has 0 N–H and O–H groups in total. The summed E-state index contributed by atoms with van der Waals surface area (Å²) in [4.78, 5) is 14.7. The van der Waals surface area contributed by atoms with Crippen molar-refractivity contribution >= 4 is 5.97 Å². The van der Waals surface area contributed by atoms with Gasteiger partial charge in [-0.2, -0.15) is 0 Å². The Morgan fingerprint density at radius 2 is 2.10 bits per heavy atom. The minimum absolute atomic E-state index is 0.0568. The van der Waals surface area contributed by atoms with Crippen LogP contribution in [0.15, 0.2) is 24.3 Å². The van der Waals surface area contributed by atoms with Crippen molar-refractivity contribution < 1.29 is 9.53 Å². The topological polar surface area (TPSA) is 29.5 Å². The first-order valence-electron chi connectivity index (χ1n) is 7.77. The minimum Gasteiger partial charge on any atom is -0.465 e. The first-order chi connectivity index (χ1) is 9.50. The van der Waals surface area contributed by atoms with E-state index < -0.39 is 5.54 Å². The van der Waals surface area contributed by atoms with Crippen molar-refractivity contribution in [3.05, 3.63) is 24.3 Å². The van der Waals surface area contributed by atoms with Gasteiger partial charge >= 0.3 is 5.97 Å². The van der Waals surface area contributed by atoms with Gasteiger partial charge in [-0.3, -0.25) is 9.69 Å². The van der Waals surface area contributed by atoms with E-state index >= 15 is 0 Å². The van der Waals surface area contributed by atoms with Crippen molar-refractivity contribution in [1.29, 1.82) is 0 Å². The Hall–Kier alpha value is -1.09. The summed E-state index contributed by atoms with van der Waals surface area (Å²) in [5.41, 5.74) is -0.327. The maximum atomic E-state index is 12.4. The molecular weight excluding hydrogens is 250 g/mol. The summed E-state index contributed by atoms with van der Waals surface area (Å²) in [6, 6.07) is 0. The molecule has 3 nitrogen and oxygen atoms in total. The van der Waals surface area contributed by atoms with Gasteiger partial charge in [0.15, 0.2) is 0 Å². The molecule has 2 atom stereocenters. The quantitative estimate of drug-likeness (QED) is 0.738. The van der Waals surface area contributed by atoms with Gasteiger partial charge in [0.2, 0.25) is 0 Å². The summed E-state index contributed by atoms with van der Waals surface area (Å²) < 4.78 is 5.32. The number of likely N-dealkylation sites (tertiary alicyclic amines) is 1. The van der Waals surface area contributed by atoms with Crippen molar-refractivity contribution in [2.24, 2.45) is 5.41 Å². The van der Waals surface area contributed by atoms with Crippen LogP contribution < -0.4 is 0 Å². The second-order valence-corrected chi connectivity index (χ2v) is 6.52. The molecule has 0 amide bonds. The van der Waals surface area contributed by atoms with Crippen LogP contribution in [0.3, 0.4) is 0 Å². The molecule has 112 valence electrons. The Balaban J connectivity index is 2.12. The number of ether oxygens (including phenoxy) is 1. The van der Waals surface area contributed by atoms with E-state index in [2.05, 4.69) is 43.1 Å². The molecule has 0 spiro atoms. The lowest BCUT2D eigenvalue weighted by Crippen LogP contribution is -2.58. The summed E-state index contributed by atoms with van der Waals surface area (Å²) in [6.07, 6.45) is 12.9. The van der Waals surface area contributed by atoms with Crippen molar-refractivity contribution in [3.8, 4) is 0 Å². The van der Waals surface area contributed by atoms with Crippen LogP contribution in [0.1, 0.15) is 46.5 Å². The van der Waals surface area contributed by atoms with Crippen molar-refractivity contribution in [1.82, 2.24) is 4.90 Å². The molecule has 20 heavy (non-hydrogen) atoms. The first-order valence-corrected chi connectivity index (χ1v) is 7.77.